The van der Waals surface area contributed by atoms with Gasteiger partial charge < -0.3 is 14.2 Å². The molecule has 3 aliphatic rings. The molecule has 8 nitrogen and oxygen atoms in total. The molecule has 2 amide bonds. The highest BCUT2D eigenvalue weighted by atomic mass is 16.5. The standard InChI is InChI=1S/C28H21NO7/c1-34-19-13-12-15(14-20(19)35-2)23-21-22(27(33)29(26(21)32)16-8-4-3-5-9-16)28(36-23)24(30)17-10-6-7-11-18(17)25(28)31/h3-14,21-23H,1-2H3/t21-,22+,23+/m1/s1. The number of ether oxygens (including phenoxy) is 3. The maximum Gasteiger partial charge on any atom is 0.241 e. The minimum absolute atomic E-state index is 0.188. The van der Waals surface area contributed by atoms with Crippen molar-refractivity contribution in [3.8, 4) is 11.5 Å². The second-order valence-corrected chi connectivity index (χ2v) is 8.94. The van der Waals surface area contributed by atoms with Crippen LogP contribution in [0.5, 0.6) is 11.5 Å². The maximum atomic E-state index is 13.9. The van der Waals surface area contributed by atoms with Crippen molar-refractivity contribution >= 4 is 29.1 Å². The lowest BCUT2D eigenvalue weighted by atomic mass is 9.77. The van der Waals surface area contributed by atoms with Crippen LogP contribution in [0.2, 0.25) is 0 Å². The van der Waals surface area contributed by atoms with Crippen molar-refractivity contribution in [2.75, 3.05) is 19.1 Å². The first-order chi connectivity index (χ1) is 17.4. The number of Topliss-reactive ketones (excluding diaryl/α,β-unsaturated/α-hetero) is 2. The highest BCUT2D eigenvalue weighted by Crippen LogP contribution is 2.58. The molecule has 2 saturated heterocycles. The summed E-state index contributed by atoms with van der Waals surface area (Å²) in [4.78, 5) is 56.4. The highest BCUT2D eigenvalue weighted by Gasteiger charge is 2.74. The number of hydrogen-bond acceptors (Lipinski definition) is 7. The molecule has 0 radical (unpaired) electrons. The Balaban J connectivity index is 1.54. The molecule has 36 heavy (non-hydrogen) atoms. The molecule has 0 N–H and O–H groups in total. The van der Waals surface area contributed by atoms with E-state index in [9.17, 15) is 19.2 Å². The summed E-state index contributed by atoms with van der Waals surface area (Å²) in [6.45, 7) is 0. The van der Waals surface area contributed by atoms with E-state index in [1.807, 2.05) is 0 Å². The lowest BCUT2D eigenvalue weighted by Gasteiger charge is -2.27. The number of imide groups is 1. The molecule has 8 heteroatoms. The zero-order valence-electron chi connectivity index (χ0n) is 19.5. The van der Waals surface area contributed by atoms with Gasteiger partial charge >= 0.3 is 0 Å². The minimum Gasteiger partial charge on any atom is -0.493 e. The number of fused-ring (bicyclic) bond motifs is 3. The SMILES string of the molecule is COc1ccc([C@@H]2OC3(C(=O)c4ccccc4C3=O)[C@@H]3C(=O)N(c4ccccc4)C(=O)[C@H]32)cc1OC. The number of methoxy groups -OCH3 is 2. The number of benzene rings is 3. The lowest BCUT2D eigenvalue weighted by molar-refractivity contribution is -0.127. The van der Waals surface area contributed by atoms with Crippen LogP contribution in [0.15, 0.2) is 72.8 Å². The van der Waals surface area contributed by atoms with Crippen LogP contribution in [0.3, 0.4) is 0 Å². The second kappa shape index (κ2) is 7.86. The summed E-state index contributed by atoms with van der Waals surface area (Å²) >= 11 is 0. The molecule has 0 unspecified atom stereocenters. The number of ketones is 2. The summed E-state index contributed by atoms with van der Waals surface area (Å²) in [5.74, 6) is -3.90. The average Bonchev–Trinajstić information content (AvgIpc) is 3.48. The normalized spacial score (nSPS) is 23.8. The number of carbonyl (C=O) groups excluding carboxylic acids is 4. The Labute approximate surface area is 206 Å². The zero-order chi connectivity index (χ0) is 25.2. The van der Waals surface area contributed by atoms with E-state index < -0.39 is 46.9 Å². The number of anilines is 1. The molecule has 0 saturated carbocycles. The van der Waals surface area contributed by atoms with Crippen molar-refractivity contribution in [1.29, 1.82) is 0 Å². The van der Waals surface area contributed by atoms with E-state index in [1.54, 1.807) is 72.8 Å². The van der Waals surface area contributed by atoms with Gasteiger partial charge in [-0.25, -0.2) is 4.90 Å². The van der Waals surface area contributed by atoms with Crippen LogP contribution in [0, 0.1) is 11.8 Å². The Morgan fingerprint density at radius 3 is 1.97 bits per heavy atom. The summed E-state index contributed by atoms with van der Waals surface area (Å²) in [6.07, 6.45) is -1.04. The molecule has 0 aromatic heterocycles. The van der Waals surface area contributed by atoms with Gasteiger partial charge in [-0.1, -0.05) is 48.5 Å². The van der Waals surface area contributed by atoms with Crippen molar-refractivity contribution in [2.45, 2.75) is 11.7 Å². The highest BCUT2D eigenvalue weighted by molar-refractivity contribution is 6.37. The van der Waals surface area contributed by atoms with Gasteiger partial charge in [-0.15, -0.1) is 0 Å². The third kappa shape index (κ3) is 2.73. The van der Waals surface area contributed by atoms with Crippen molar-refractivity contribution in [3.05, 3.63) is 89.5 Å². The zero-order valence-corrected chi connectivity index (χ0v) is 19.5. The van der Waals surface area contributed by atoms with Gasteiger partial charge in [-0.2, -0.15) is 0 Å². The summed E-state index contributed by atoms with van der Waals surface area (Å²) < 4.78 is 17.0. The predicted molar refractivity (Wildman–Crippen MR) is 127 cm³/mol. The maximum absolute atomic E-state index is 13.9. The van der Waals surface area contributed by atoms with E-state index in [4.69, 9.17) is 14.2 Å². The van der Waals surface area contributed by atoms with Crippen LogP contribution in [-0.4, -0.2) is 43.2 Å². The Kier molecular flexibility index (Phi) is 4.84. The third-order valence-corrected chi connectivity index (χ3v) is 7.27. The van der Waals surface area contributed by atoms with Gasteiger partial charge in [0.05, 0.1) is 37.8 Å². The number of para-hydroxylation sites is 1. The molecule has 3 aromatic rings. The fourth-order valence-corrected chi connectivity index (χ4v) is 5.68. The molecular formula is C28H21NO7. The number of carbonyl (C=O) groups is 4. The number of hydrogen-bond donors (Lipinski definition) is 0. The van der Waals surface area contributed by atoms with Gasteiger partial charge in [0, 0.05) is 11.1 Å². The van der Waals surface area contributed by atoms with E-state index >= 15 is 0 Å². The van der Waals surface area contributed by atoms with Gasteiger partial charge in [0.25, 0.3) is 0 Å². The van der Waals surface area contributed by atoms with Crippen LogP contribution in [-0.2, 0) is 14.3 Å². The molecule has 2 heterocycles. The van der Waals surface area contributed by atoms with E-state index in [1.165, 1.54) is 14.2 Å². The van der Waals surface area contributed by atoms with Crippen molar-refractivity contribution in [2.24, 2.45) is 11.8 Å². The molecule has 1 aliphatic carbocycles. The van der Waals surface area contributed by atoms with Crippen molar-refractivity contribution < 1.29 is 33.4 Å². The van der Waals surface area contributed by atoms with Crippen molar-refractivity contribution in [1.82, 2.24) is 0 Å². The molecule has 0 bridgehead atoms. The average molecular weight is 483 g/mol. The quantitative estimate of drug-likeness (QED) is 0.414. The molecule has 2 aliphatic heterocycles. The molecule has 2 fully saturated rings. The lowest BCUT2D eigenvalue weighted by Crippen LogP contribution is -2.51. The first kappa shape index (κ1) is 22.2. The fraction of sp³-hybridized carbons (Fsp3) is 0.214. The molecule has 3 atom stereocenters. The molecule has 180 valence electrons. The molecule has 6 rings (SSSR count). The van der Waals surface area contributed by atoms with Gasteiger partial charge in [-0.05, 0) is 29.8 Å². The van der Waals surface area contributed by atoms with Crippen molar-refractivity contribution in [3.63, 3.8) is 0 Å². The van der Waals surface area contributed by atoms with E-state index in [-0.39, 0.29) is 11.1 Å². The Morgan fingerprint density at radius 2 is 1.36 bits per heavy atom. The largest absolute Gasteiger partial charge is 0.493 e. The molecular weight excluding hydrogens is 462 g/mol. The smallest absolute Gasteiger partial charge is 0.241 e. The summed E-state index contributed by atoms with van der Waals surface area (Å²) in [7, 11) is 2.97. The van der Waals surface area contributed by atoms with E-state index in [0.717, 1.165) is 4.90 Å². The minimum atomic E-state index is -2.12. The van der Waals surface area contributed by atoms with Gasteiger partial charge in [-0.3, -0.25) is 19.2 Å². The monoisotopic (exact) mass is 483 g/mol. The Hall–Kier alpha value is -4.30. The molecule has 3 aromatic carbocycles. The van der Waals surface area contributed by atoms with E-state index in [2.05, 4.69) is 0 Å². The first-order valence-corrected chi connectivity index (χ1v) is 11.4. The van der Waals surface area contributed by atoms with Crippen LogP contribution in [0.4, 0.5) is 5.69 Å². The second-order valence-electron chi connectivity index (χ2n) is 8.94. The van der Waals surface area contributed by atoms with Crippen LogP contribution in [0.1, 0.15) is 32.4 Å². The summed E-state index contributed by atoms with van der Waals surface area (Å²) in [5.41, 5.74) is -0.881. The van der Waals surface area contributed by atoms with Gasteiger partial charge in [0.2, 0.25) is 29.0 Å². The number of nitrogens with zero attached hydrogens (tertiary/aromatic N) is 1. The third-order valence-electron chi connectivity index (χ3n) is 7.27. The number of rotatable bonds is 4. The van der Waals surface area contributed by atoms with Crippen LogP contribution >= 0.6 is 0 Å². The summed E-state index contributed by atoms with van der Waals surface area (Å²) in [5, 5.41) is 0. The number of amides is 2. The molecule has 1 spiro atoms. The van der Waals surface area contributed by atoms with Gasteiger partial charge in [0.15, 0.2) is 11.5 Å². The van der Waals surface area contributed by atoms with Gasteiger partial charge in [0.1, 0.15) is 0 Å². The first-order valence-electron chi connectivity index (χ1n) is 11.4. The van der Waals surface area contributed by atoms with E-state index in [0.29, 0.717) is 22.7 Å². The Bertz CT molecular complexity index is 1410. The predicted octanol–water partition coefficient (Wildman–Crippen LogP) is 3.40. The topological polar surface area (TPSA) is 99.2 Å². The van der Waals surface area contributed by atoms with Crippen LogP contribution < -0.4 is 14.4 Å². The Morgan fingerprint density at radius 1 is 0.750 bits per heavy atom. The fourth-order valence-electron chi connectivity index (χ4n) is 5.68. The van der Waals surface area contributed by atoms with Crippen LogP contribution in [0.25, 0.3) is 0 Å². The summed E-state index contributed by atoms with van der Waals surface area (Å²) in [6, 6.07) is 19.8.